The molecular formula is C10H13N3O4. The molecule has 1 fully saturated rings. The van der Waals surface area contributed by atoms with E-state index < -0.39 is 5.97 Å². The molecule has 7 heteroatoms. The molecule has 1 aromatic heterocycles. The zero-order valence-corrected chi connectivity index (χ0v) is 9.13. The lowest BCUT2D eigenvalue weighted by Crippen LogP contribution is -2.34. The fourth-order valence-electron chi connectivity index (χ4n) is 1.42. The van der Waals surface area contributed by atoms with Crippen LogP contribution in [0.4, 0.5) is 5.95 Å². The van der Waals surface area contributed by atoms with E-state index in [4.69, 9.17) is 14.6 Å². The summed E-state index contributed by atoms with van der Waals surface area (Å²) in [7, 11) is 0. The summed E-state index contributed by atoms with van der Waals surface area (Å²) in [6.07, 6.45) is 1.35. The fraction of sp³-hybridized carbons (Fsp3) is 0.500. The third-order valence-corrected chi connectivity index (χ3v) is 2.25. The Morgan fingerprint density at radius 3 is 3.18 bits per heavy atom. The number of hydrogen-bond donors (Lipinski definition) is 2. The first kappa shape index (κ1) is 11.7. The molecule has 0 bridgehead atoms. The highest BCUT2D eigenvalue weighted by Crippen LogP contribution is 2.04. The van der Waals surface area contributed by atoms with Gasteiger partial charge in [0.1, 0.15) is 0 Å². The average Bonchev–Trinajstić information content (AvgIpc) is 2.38. The lowest BCUT2D eigenvalue weighted by Gasteiger charge is -2.22. The smallest absolute Gasteiger partial charge is 0.354 e. The molecule has 0 radical (unpaired) electrons. The molecule has 0 saturated carbocycles. The lowest BCUT2D eigenvalue weighted by atomic mass is 10.3. The largest absolute Gasteiger partial charge is 0.477 e. The molecule has 7 nitrogen and oxygen atoms in total. The van der Waals surface area contributed by atoms with Crippen LogP contribution in [-0.4, -0.2) is 53.5 Å². The van der Waals surface area contributed by atoms with Gasteiger partial charge in [-0.2, -0.15) is 0 Å². The number of rotatable bonds is 4. The number of hydrogen-bond acceptors (Lipinski definition) is 6. The Bertz CT molecular complexity index is 393. The van der Waals surface area contributed by atoms with Crippen molar-refractivity contribution < 1.29 is 19.4 Å². The van der Waals surface area contributed by atoms with E-state index in [0.717, 1.165) is 0 Å². The van der Waals surface area contributed by atoms with Crippen LogP contribution in [-0.2, 0) is 9.47 Å². The number of aromatic carboxylic acids is 1. The summed E-state index contributed by atoms with van der Waals surface area (Å²) in [6, 6.07) is 1.34. The average molecular weight is 239 g/mol. The number of aromatic nitrogens is 2. The second-order valence-corrected chi connectivity index (χ2v) is 3.52. The molecule has 1 unspecified atom stereocenters. The lowest BCUT2D eigenvalue weighted by molar-refractivity contribution is -0.0819. The van der Waals surface area contributed by atoms with Gasteiger partial charge in [-0.15, -0.1) is 0 Å². The number of carboxylic acid groups (broad SMARTS) is 1. The van der Waals surface area contributed by atoms with Crippen molar-refractivity contribution in [2.24, 2.45) is 0 Å². The van der Waals surface area contributed by atoms with Gasteiger partial charge in [0, 0.05) is 12.7 Å². The summed E-state index contributed by atoms with van der Waals surface area (Å²) in [5.74, 6) is -0.799. The number of anilines is 1. The molecule has 0 aromatic carbocycles. The predicted molar refractivity (Wildman–Crippen MR) is 58.0 cm³/mol. The standard InChI is InChI=1S/C10H13N3O4/c14-9(15)8-1-2-11-10(13-8)12-5-7-6-16-3-4-17-7/h1-2,7H,3-6H2,(H,14,15)(H,11,12,13). The summed E-state index contributed by atoms with van der Waals surface area (Å²) in [5, 5.41) is 11.7. The number of nitrogens with zero attached hydrogens (tertiary/aromatic N) is 2. The minimum absolute atomic E-state index is 0.0386. The van der Waals surface area contributed by atoms with E-state index in [1.807, 2.05) is 0 Å². The van der Waals surface area contributed by atoms with Crippen LogP contribution in [0.2, 0.25) is 0 Å². The SMILES string of the molecule is O=C(O)c1ccnc(NCC2COCCO2)n1. The van der Waals surface area contributed by atoms with Crippen LogP contribution in [0, 0.1) is 0 Å². The second kappa shape index (κ2) is 5.55. The van der Waals surface area contributed by atoms with E-state index in [9.17, 15) is 4.79 Å². The van der Waals surface area contributed by atoms with Crippen molar-refractivity contribution in [3.05, 3.63) is 18.0 Å². The third kappa shape index (κ3) is 3.36. The van der Waals surface area contributed by atoms with Gasteiger partial charge in [0.2, 0.25) is 5.95 Å². The maximum Gasteiger partial charge on any atom is 0.354 e. The predicted octanol–water partition coefficient (Wildman–Crippen LogP) is 0.00210. The van der Waals surface area contributed by atoms with Gasteiger partial charge in [-0.05, 0) is 6.07 Å². The van der Waals surface area contributed by atoms with Gasteiger partial charge in [0.15, 0.2) is 5.69 Å². The Morgan fingerprint density at radius 2 is 2.47 bits per heavy atom. The van der Waals surface area contributed by atoms with Crippen LogP contribution in [0.15, 0.2) is 12.3 Å². The zero-order valence-electron chi connectivity index (χ0n) is 9.13. The Morgan fingerprint density at radius 1 is 1.59 bits per heavy atom. The van der Waals surface area contributed by atoms with Crippen LogP contribution >= 0.6 is 0 Å². The minimum atomic E-state index is -1.08. The van der Waals surface area contributed by atoms with Crippen LogP contribution in [0.1, 0.15) is 10.5 Å². The maximum absolute atomic E-state index is 10.7. The molecule has 2 heterocycles. The number of carbonyl (C=O) groups is 1. The summed E-state index contributed by atoms with van der Waals surface area (Å²) in [6.45, 7) is 2.19. The maximum atomic E-state index is 10.7. The third-order valence-electron chi connectivity index (χ3n) is 2.25. The highest BCUT2D eigenvalue weighted by Gasteiger charge is 2.14. The van der Waals surface area contributed by atoms with Crippen LogP contribution in [0.25, 0.3) is 0 Å². The molecule has 0 amide bonds. The van der Waals surface area contributed by atoms with E-state index in [2.05, 4.69) is 15.3 Å². The summed E-state index contributed by atoms with van der Waals surface area (Å²) >= 11 is 0. The molecule has 2 rings (SSSR count). The Hall–Kier alpha value is -1.73. The van der Waals surface area contributed by atoms with Crippen molar-refractivity contribution in [3.63, 3.8) is 0 Å². The van der Waals surface area contributed by atoms with E-state index >= 15 is 0 Å². The number of ether oxygens (including phenoxy) is 2. The first-order chi connectivity index (χ1) is 8.25. The van der Waals surface area contributed by atoms with Gasteiger partial charge in [-0.1, -0.05) is 0 Å². The molecule has 1 atom stereocenters. The Balaban J connectivity index is 1.89. The van der Waals surface area contributed by atoms with E-state index in [1.165, 1.54) is 12.3 Å². The van der Waals surface area contributed by atoms with Gasteiger partial charge in [-0.3, -0.25) is 0 Å². The van der Waals surface area contributed by atoms with Crippen molar-refractivity contribution in [1.29, 1.82) is 0 Å². The molecule has 1 saturated heterocycles. The number of nitrogens with one attached hydrogen (secondary N) is 1. The van der Waals surface area contributed by atoms with Gasteiger partial charge in [0.05, 0.1) is 25.9 Å². The molecule has 17 heavy (non-hydrogen) atoms. The molecule has 92 valence electrons. The topological polar surface area (TPSA) is 93.6 Å². The molecule has 0 spiro atoms. The molecule has 1 aliphatic heterocycles. The summed E-state index contributed by atoms with van der Waals surface area (Å²) in [5.41, 5.74) is -0.0386. The van der Waals surface area contributed by atoms with Crippen LogP contribution in [0.3, 0.4) is 0 Å². The fourth-order valence-corrected chi connectivity index (χ4v) is 1.42. The van der Waals surface area contributed by atoms with Gasteiger partial charge < -0.3 is 19.9 Å². The van der Waals surface area contributed by atoms with E-state index in [1.54, 1.807) is 0 Å². The van der Waals surface area contributed by atoms with Crippen molar-refractivity contribution in [2.45, 2.75) is 6.10 Å². The first-order valence-corrected chi connectivity index (χ1v) is 5.25. The first-order valence-electron chi connectivity index (χ1n) is 5.25. The minimum Gasteiger partial charge on any atom is -0.477 e. The van der Waals surface area contributed by atoms with Crippen molar-refractivity contribution in [2.75, 3.05) is 31.7 Å². The van der Waals surface area contributed by atoms with Crippen molar-refractivity contribution in [1.82, 2.24) is 9.97 Å². The summed E-state index contributed by atoms with van der Waals surface area (Å²) < 4.78 is 10.7. The van der Waals surface area contributed by atoms with Crippen molar-refractivity contribution in [3.8, 4) is 0 Å². The monoisotopic (exact) mass is 239 g/mol. The summed E-state index contributed by atoms with van der Waals surface area (Å²) in [4.78, 5) is 18.5. The van der Waals surface area contributed by atoms with E-state index in [-0.39, 0.29) is 17.7 Å². The molecule has 2 N–H and O–H groups in total. The van der Waals surface area contributed by atoms with Gasteiger partial charge in [-0.25, -0.2) is 14.8 Å². The highest BCUT2D eigenvalue weighted by molar-refractivity contribution is 5.85. The Labute approximate surface area is 97.8 Å². The van der Waals surface area contributed by atoms with Crippen molar-refractivity contribution >= 4 is 11.9 Å². The second-order valence-electron chi connectivity index (χ2n) is 3.52. The number of carboxylic acids is 1. The highest BCUT2D eigenvalue weighted by atomic mass is 16.6. The molecule has 0 aliphatic carbocycles. The molecule has 1 aromatic rings. The normalized spacial score (nSPS) is 19.9. The molecular weight excluding hydrogens is 226 g/mol. The van der Waals surface area contributed by atoms with Gasteiger partial charge in [0.25, 0.3) is 0 Å². The Kier molecular flexibility index (Phi) is 3.84. The van der Waals surface area contributed by atoms with Gasteiger partial charge >= 0.3 is 5.97 Å². The van der Waals surface area contributed by atoms with Crippen LogP contribution in [0.5, 0.6) is 0 Å². The quantitative estimate of drug-likeness (QED) is 0.763. The van der Waals surface area contributed by atoms with Crippen LogP contribution < -0.4 is 5.32 Å². The zero-order chi connectivity index (χ0) is 12.1. The van der Waals surface area contributed by atoms with E-state index in [0.29, 0.717) is 26.4 Å². The molecule has 1 aliphatic rings.